The number of carbonyl (C=O) groups is 1. The molecule has 1 aromatic rings. The Morgan fingerprint density at radius 1 is 1.39 bits per heavy atom. The van der Waals surface area contributed by atoms with Crippen molar-refractivity contribution in [1.29, 1.82) is 0 Å². The Bertz CT molecular complexity index is 413. The van der Waals surface area contributed by atoms with E-state index < -0.39 is 0 Å². The van der Waals surface area contributed by atoms with Crippen LogP contribution in [0.1, 0.15) is 30.1 Å². The minimum absolute atomic E-state index is 0.108. The van der Waals surface area contributed by atoms with Crippen molar-refractivity contribution in [3.63, 3.8) is 0 Å². The van der Waals surface area contributed by atoms with E-state index in [0.717, 1.165) is 36.9 Å². The third-order valence-electron chi connectivity index (χ3n) is 3.32. The summed E-state index contributed by atoms with van der Waals surface area (Å²) in [5.41, 5.74) is 1.77. The number of carbonyl (C=O) groups excluding carboxylic acids is 1. The lowest BCUT2D eigenvalue weighted by Gasteiger charge is -2.21. The molecule has 0 bridgehead atoms. The number of ketones is 1. The number of hydrogen-bond donors (Lipinski definition) is 0. The van der Waals surface area contributed by atoms with Crippen molar-refractivity contribution in [3.8, 4) is 0 Å². The average Bonchev–Trinajstić information content (AvgIpc) is 3.18. The first kappa shape index (κ1) is 13.1. The summed E-state index contributed by atoms with van der Waals surface area (Å²) in [7, 11) is 2.00. The Balaban J connectivity index is 1.86. The summed E-state index contributed by atoms with van der Waals surface area (Å²) >= 11 is 0. The molecule has 1 saturated carbocycles. The molecule has 0 atom stereocenters. The van der Waals surface area contributed by atoms with E-state index >= 15 is 0 Å². The second-order valence-electron chi connectivity index (χ2n) is 5.01. The Morgan fingerprint density at radius 2 is 2.11 bits per heavy atom. The molecule has 0 N–H and O–H groups in total. The highest BCUT2D eigenvalue weighted by Crippen LogP contribution is 2.28. The molecule has 0 amide bonds. The smallest absolute Gasteiger partial charge is 0.161 e. The highest BCUT2D eigenvalue weighted by Gasteiger charge is 2.21. The zero-order valence-corrected chi connectivity index (χ0v) is 11.2. The third-order valence-corrected chi connectivity index (χ3v) is 3.32. The van der Waals surface area contributed by atoms with Crippen LogP contribution in [0.3, 0.4) is 0 Å². The van der Waals surface area contributed by atoms with Crippen LogP contribution in [-0.4, -0.2) is 32.6 Å². The first-order chi connectivity index (χ1) is 8.68. The number of rotatable bonds is 7. The molecule has 1 aliphatic carbocycles. The standard InChI is InChI=1S/C15H21NO2/c1-12(17)14-5-3-4-6-15(14)16(2)9-10-18-11-13-7-8-13/h3-6,13H,7-11H2,1-2H3. The molecular formula is C15H21NO2. The SMILES string of the molecule is CC(=O)c1ccccc1N(C)CCOCC1CC1. The molecule has 3 heteroatoms. The molecule has 0 spiro atoms. The van der Waals surface area contributed by atoms with Gasteiger partial charge in [-0.2, -0.15) is 0 Å². The number of para-hydroxylation sites is 1. The lowest BCUT2D eigenvalue weighted by molar-refractivity contribution is 0.101. The van der Waals surface area contributed by atoms with Crippen LogP contribution >= 0.6 is 0 Å². The number of likely N-dealkylation sites (N-methyl/N-ethyl adjacent to an activating group) is 1. The van der Waals surface area contributed by atoms with Gasteiger partial charge < -0.3 is 9.64 Å². The maximum atomic E-state index is 11.5. The van der Waals surface area contributed by atoms with Crippen LogP contribution in [-0.2, 0) is 4.74 Å². The fourth-order valence-electron chi connectivity index (χ4n) is 1.96. The number of anilines is 1. The Hall–Kier alpha value is -1.35. The second kappa shape index (κ2) is 6.01. The monoisotopic (exact) mass is 247 g/mol. The van der Waals surface area contributed by atoms with Crippen LogP contribution in [0.15, 0.2) is 24.3 Å². The number of Topliss-reactive ketones (excluding diaryl/α,β-unsaturated/α-hetero) is 1. The zero-order chi connectivity index (χ0) is 13.0. The summed E-state index contributed by atoms with van der Waals surface area (Å²) in [5.74, 6) is 0.913. The van der Waals surface area contributed by atoms with Gasteiger partial charge in [0.15, 0.2) is 5.78 Å². The number of benzene rings is 1. The van der Waals surface area contributed by atoms with Gasteiger partial charge in [-0.25, -0.2) is 0 Å². The zero-order valence-electron chi connectivity index (χ0n) is 11.2. The minimum Gasteiger partial charge on any atom is -0.379 e. The van der Waals surface area contributed by atoms with Crippen molar-refractivity contribution in [2.75, 3.05) is 31.7 Å². The molecule has 3 nitrogen and oxygen atoms in total. The van der Waals surface area contributed by atoms with E-state index in [2.05, 4.69) is 4.90 Å². The molecule has 1 fully saturated rings. The van der Waals surface area contributed by atoms with E-state index in [-0.39, 0.29) is 5.78 Å². The summed E-state index contributed by atoms with van der Waals surface area (Å²) < 4.78 is 5.62. The fourth-order valence-corrected chi connectivity index (χ4v) is 1.96. The summed E-state index contributed by atoms with van der Waals surface area (Å²) in [5, 5.41) is 0. The van der Waals surface area contributed by atoms with Crippen LogP contribution in [0.4, 0.5) is 5.69 Å². The Labute approximate surface area is 109 Å². The third kappa shape index (κ3) is 3.57. The van der Waals surface area contributed by atoms with Crippen molar-refractivity contribution in [2.24, 2.45) is 5.92 Å². The van der Waals surface area contributed by atoms with Gasteiger partial charge >= 0.3 is 0 Å². The van der Waals surface area contributed by atoms with Crippen LogP contribution in [0.5, 0.6) is 0 Å². The van der Waals surface area contributed by atoms with Gasteiger partial charge in [0.2, 0.25) is 0 Å². The number of hydrogen-bond acceptors (Lipinski definition) is 3. The molecule has 0 aromatic heterocycles. The summed E-state index contributed by atoms with van der Waals surface area (Å²) in [6.45, 7) is 4.04. The van der Waals surface area contributed by atoms with E-state index in [9.17, 15) is 4.79 Å². The predicted octanol–water partition coefficient (Wildman–Crippen LogP) is 2.75. The fraction of sp³-hybridized carbons (Fsp3) is 0.533. The first-order valence-electron chi connectivity index (χ1n) is 6.57. The molecule has 1 aromatic carbocycles. The average molecular weight is 247 g/mol. The molecule has 1 aliphatic rings. The molecule has 0 saturated heterocycles. The van der Waals surface area contributed by atoms with Crippen LogP contribution in [0.25, 0.3) is 0 Å². The quantitative estimate of drug-likeness (QED) is 0.548. The molecule has 0 radical (unpaired) electrons. The minimum atomic E-state index is 0.108. The molecule has 0 heterocycles. The molecule has 0 unspecified atom stereocenters. The van der Waals surface area contributed by atoms with Gasteiger partial charge in [-0.1, -0.05) is 12.1 Å². The molecule has 2 rings (SSSR count). The highest BCUT2D eigenvalue weighted by molar-refractivity contribution is 5.99. The molecule has 18 heavy (non-hydrogen) atoms. The van der Waals surface area contributed by atoms with Crippen LogP contribution in [0.2, 0.25) is 0 Å². The normalized spacial score (nSPS) is 14.6. The van der Waals surface area contributed by atoms with Crippen LogP contribution in [0, 0.1) is 5.92 Å². The van der Waals surface area contributed by atoms with E-state index in [4.69, 9.17) is 4.74 Å². The summed E-state index contributed by atoms with van der Waals surface area (Å²) in [6.07, 6.45) is 2.64. The molecule has 98 valence electrons. The molecular weight excluding hydrogens is 226 g/mol. The largest absolute Gasteiger partial charge is 0.379 e. The lowest BCUT2D eigenvalue weighted by Crippen LogP contribution is -2.24. The first-order valence-corrected chi connectivity index (χ1v) is 6.57. The van der Waals surface area contributed by atoms with Gasteiger partial charge in [-0.05, 0) is 37.8 Å². The van der Waals surface area contributed by atoms with E-state index in [1.807, 2.05) is 31.3 Å². The topological polar surface area (TPSA) is 29.5 Å². The van der Waals surface area contributed by atoms with Gasteiger partial charge in [-0.3, -0.25) is 4.79 Å². The van der Waals surface area contributed by atoms with Gasteiger partial charge in [0.25, 0.3) is 0 Å². The van der Waals surface area contributed by atoms with E-state index in [0.29, 0.717) is 0 Å². The summed E-state index contributed by atoms with van der Waals surface area (Å²) in [4.78, 5) is 13.6. The van der Waals surface area contributed by atoms with Crippen molar-refractivity contribution >= 4 is 11.5 Å². The molecule has 0 aliphatic heterocycles. The maximum Gasteiger partial charge on any atom is 0.161 e. The Morgan fingerprint density at radius 3 is 2.78 bits per heavy atom. The number of nitrogens with zero attached hydrogens (tertiary/aromatic N) is 1. The lowest BCUT2D eigenvalue weighted by atomic mass is 10.1. The van der Waals surface area contributed by atoms with Gasteiger partial charge in [-0.15, -0.1) is 0 Å². The van der Waals surface area contributed by atoms with Crippen molar-refractivity contribution in [3.05, 3.63) is 29.8 Å². The predicted molar refractivity (Wildman–Crippen MR) is 73.3 cm³/mol. The summed E-state index contributed by atoms with van der Waals surface area (Å²) in [6, 6.07) is 7.72. The van der Waals surface area contributed by atoms with Crippen LogP contribution < -0.4 is 4.90 Å². The van der Waals surface area contributed by atoms with Crippen molar-refractivity contribution < 1.29 is 9.53 Å². The van der Waals surface area contributed by atoms with Gasteiger partial charge in [0, 0.05) is 31.5 Å². The number of ether oxygens (including phenoxy) is 1. The maximum absolute atomic E-state index is 11.5. The highest BCUT2D eigenvalue weighted by atomic mass is 16.5. The van der Waals surface area contributed by atoms with Gasteiger partial charge in [0.05, 0.1) is 6.61 Å². The second-order valence-corrected chi connectivity index (χ2v) is 5.01. The Kier molecular flexibility index (Phi) is 4.37. The van der Waals surface area contributed by atoms with Crippen molar-refractivity contribution in [2.45, 2.75) is 19.8 Å². The van der Waals surface area contributed by atoms with Gasteiger partial charge in [0.1, 0.15) is 0 Å². The van der Waals surface area contributed by atoms with Crippen molar-refractivity contribution in [1.82, 2.24) is 0 Å². The van der Waals surface area contributed by atoms with E-state index in [1.165, 1.54) is 12.8 Å². The van der Waals surface area contributed by atoms with E-state index in [1.54, 1.807) is 6.92 Å².